The number of nitrogens with zero attached hydrogens (tertiary/aromatic N) is 2. The maximum atomic E-state index is 2.50. The van der Waals surface area contributed by atoms with Crippen LogP contribution in [0.15, 0.2) is 53.9 Å². The fourth-order valence-electron chi connectivity index (χ4n) is 4.13. The van der Waals surface area contributed by atoms with E-state index >= 15 is 0 Å². The van der Waals surface area contributed by atoms with E-state index in [1.165, 1.54) is 39.5 Å². The molecular formula is C22H28N2. The molecule has 1 heterocycles. The van der Waals surface area contributed by atoms with Crippen molar-refractivity contribution in [2.24, 2.45) is 0 Å². The van der Waals surface area contributed by atoms with E-state index in [1.54, 1.807) is 0 Å². The third kappa shape index (κ3) is 2.32. The van der Waals surface area contributed by atoms with Gasteiger partial charge in [-0.1, -0.05) is 36.4 Å². The molecule has 0 fully saturated rings. The van der Waals surface area contributed by atoms with Crippen LogP contribution in [0.5, 0.6) is 0 Å². The Labute approximate surface area is 146 Å². The van der Waals surface area contributed by atoms with Gasteiger partial charge in [-0.15, -0.1) is 0 Å². The van der Waals surface area contributed by atoms with Gasteiger partial charge in [0.25, 0.3) is 0 Å². The van der Waals surface area contributed by atoms with Crippen LogP contribution in [-0.4, -0.2) is 5.66 Å². The van der Waals surface area contributed by atoms with Crippen molar-refractivity contribution in [2.75, 3.05) is 9.80 Å². The monoisotopic (exact) mass is 320 g/mol. The summed E-state index contributed by atoms with van der Waals surface area (Å²) in [6, 6.07) is 15.2. The number of rotatable bonds is 2. The molecular weight excluding hydrogens is 292 g/mol. The van der Waals surface area contributed by atoms with Crippen LogP contribution in [-0.2, 0) is 0 Å². The Balaban J connectivity index is 2.20. The number of hydrogen-bond acceptors (Lipinski definition) is 2. The van der Waals surface area contributed by atoms with Crippen molar-refractivity contribution in [3.63, 3.8) is 0 Å². The second-order valence-electron chi connectivity index (χ2n) is 7.36. The first-order chi connectivity index (χ1) is 11.3. The zero-order valence-electron chi connectivity index (χ0n) is 15.9. The molecule has 1 aliphatic heterocycles. The Morgan fingerprint density at radius 3 is 1.71 bits per heavy atom. The summed E-state index contributed by atoms with van der Waals surface area (Å²) < 4.78 is 0. The molecule has 2 aromatic carbocycles. The largest absolute Gasteiger partial charge is 0.320 e. The van der Waals surface area contributed by atoms with Crippen molar-refractivity contribution in [1.29, 1.82) is 0 Å². The van der Waals surface area contributed by atoms with E-state index in [-0.39, 0.29) is 5.66 Å². The van der Waals surface area contributed by atoms with Crippen LogP contribution < -0.4 is 9.80 Å². The van der Waals surface area contributed by atoms with E-state index in [0.717, 1.165) is 0 Å². The van der Waals surface area contributed by atoms with Crippen LogP contribution in [0.2, 0.25) is 0 Å². The lowest BCUT2D eigenvalue weighted by atomic mass is 10.0. The normalized spacial score (nSPS) is 17.0. The molecule has 0 spiro atoms. The third-order valence-corrected chi connectivity index (χ3v) is 5.31. The van der Waals surface area contributed by atoms with Gasteiger partial charge in [0.15, 0.2) is 0 Å². The molecule has 0 saturated heterocycles. The van der Waals surface area contributed by atoms with E-state index < -0.39 is 0 Å². The zero-order valence-corrected chi connectivity index (χ0v) is 15.9. The highest BCUT2D eigenvalue weighted by atomic mass is 15.5. The molecule has 0 aliphatic carbocycles. The number of anilines is 2. The summed E-state index contributed by atoms with van der Waals surface area (Å²) >= 11 is 0. The number of para-hydroxylation sites is 2. The lowest BCUT2D eigenvalue weighted by Gasteiger charge is -2.43. The van der Waals surface area contributed by atoms with Crippen LogP contribution in [0.1, 0.15) is 44.4 Å². The lowest BCUT2D eigenvalue weighted by Crippen LogP contribution is -2.50. The Hall–Kier alpha value is -2.22. The van der Waals surface area contributed by atoms with Crippen LogP contribution in [0.3, 0.4) is 0 Å². The number of allylic oxidation sites excluding steroid dienone is 2. The van der Waals surface area contributed by atoms with Crippen molar-refractivity contribution >= 4 is 11.4 Å². The van der Waals surface area contributed by atoms with Crippen LogP contribution >= 0.6 is 0 Å². The molecule has 2 heteroatoms. The zero-order chi connectivity index (χ0) is 17.6. The minimum absolute atomic E-state index is 0.156. The maximum Gasteiger partial charge on any atom is 0.116 e. The summed E-state index contributed by atoms with van der Waals surface area (Å²) in [7, 11) is 0. The van der Waals surface area contributed by atoms with Crippen molar-refractivity contribution < 1.29 is 0 Å². The second-order valence-corrected chi connectivity index (χ2v) is 7.36. The molecule has 0 radical (unpaired) electrons. The summed E-state index contributed by atoms with van der Waals surface area (Å²) in [5.74, 6) is 0. The summed E-state index contributed by atoms with van der Waals surface area (Å²) in [5, 5.41) is 0. The van der Waals surface area contributed by atoms with Crippen LogP contribution in [0.4, 0.5) is 11.4 Å². The molecule has 24 heavy (non-hydrogen) atoms. The fraction of sp³-hybridized carbons (Fsp3) is 0.364. The molecule has 0 unspecified atom stereocenters. The molecule has 0 N–H and O–H groups in total. The number of hydrogen-bond donors (Lipinski definition) is 0. The van der Waals surface area contributed by atoms with Gasteiger partial charge in [0, 0.05) is 22.8 Å². The molecule has 2 nitrogen and oxygen atoms in total. The first-order valence-electron chi connectivity index (χ1n) is 8.66. The SMILES string of the molecule is CC1=C(C)N(c2c(C)cccc2C)C(C)(C)N1c1ccccc1C. The Morgan fingerprint density at radius 1 is 0.625 bits per heavy atom. The number of aryl methyl sites for hydroxylation is 3. The van der Waals surface area contributed by atoms with Gasteiger partial charge in [-0.25, -0.2) is 0 Å². The highest BCUT2D eigenvalue weighted by Crippen LogP contribution is 2.46. The summed E-state index contributed by atoms with van der Waals surface area (Å²) in [5.41, 5.74) is 9.04. The van der Waals surface area contributed by atoms with Crippen molar-refractivity contribution in [3.8, 4) is 0 Å². The van der Waals surface area contributed by atoms with Crippen LogP contribution in [0, 0.1) is 20.8 Å². The topological polar surface area (TPSA) is 6.48 Å². The Morgan fingerprint density at radius 2 is 1.12 bits per heavy atom. The number of benzene rings is 2. The van der Waals surface area contributed by atoms with Gasteiger partial charge in [0.05, 0.1) is 0 Å². The van der Waals surface area contributed by atoms with Crippen molar-refractivity contribution in [3.05, 3.63) is 70.5 Å². The molecule has 0 saturated carbocycles. The highest BCUT2D eigenvalue weighted by molar-refractivity contribution is 5.73. The first-order valence-corrected chi connectivity index (χ1v) is 8.66. The van der Waals surface area contributed by atoms with Gasteiger partial charge in [-0.05, 0) is 71.2 Å². The summed E-state index contributed by atoms with van der Waals surface area (Å²) in [6.45, 7) is 15.7. The predicted octanol–water partition coefficient (Wildman–Crippen LogP) is 5.93. The highest BCUT2D eigenvalue weighted by Gasteiger charge is 2.43. The van der Waals surface area contributed by atoms with E-state index in [1.807, 2.05) is 0 Å². The summed E-state index contributed by atoms with van der Waals surface area (Å²) in [6.07, 6.45) is 0. The third-order valence-electron chi connectivity index (χ3n) is 5.31. The Bertz CT molecular complexity index is 794. The van der Waals surface area contributed by atoms with Crippen molar-refractivity contribution in [1.82, 2.24) is 0 Å². The lowest BCUT2D eigenvalue weighted by molar-refractivity contribution is 0.517. The van der Waals surface area contributed by atoms with E-state index in [9.17, 15) is 0 Å². The quantitative estimate of drug-likeness (QED) is 0.677. The van der Waals surface area contributed by atoms with Crippen molar-refractivity contribution in [2.45, 2.75) is 54.1 Å². The molecule has 0 aromatic heterocycles. The van der Waals surface area contributed by atoms with E-state index in [4.69, 9.17) is 0 Å². The second kappa shape index (κ2) is 5.70. The fourth-order valence-corrected chi connectivity index (χ4v) is 4.13. The predicted molar refractivity (Wildman–Crippen MR) is 105 cm³/mol. The first kappa shape index (κ1) is 16.6. The Kier molecular flexibility index (Phi) is 3.95. The molecule has 2 aromatic rings. The standard InChI is InChI=1S/C22H28N2/c1-15-11-8-9-14-20(15)23-18(4)19(5)24(22(23,6)7)21-16(2)12-10-13-17(21)3/h8-14H,1-7H3. The molecule has 0 amide bonds. The molecule has 0 bridgehead atoms. The van der Waals surface area contributed by atoms with Gasteiger partial charge >= 0.3 is 0 Å². The van der Waals surface area contributed by atoms with Gasteiger partial charge in [0.1, 0.15) is 5.66 Å². The van der Waals surface area contributed by atoms with E-state index in [0.29, 0.717) is 0 Å². The molecule has 0 atom stereocenters. The molecule has 126 valence electrons. The smallest absolute Gasteiger partial charge is 0.116 e. The van der Waals surface area contributed by atoms with Crippen LogP contribution in [0.25, 0.3) is 0 Å². The average molecular weight is 320 g/mol. The summed E-state index contributed by atoms with van der Waals surface area (Å²) in [4.78, 5) is 4.98. The maximum absolute atomic E-state index is 2.50. The minimum atomic E-state index is -0.156. The minimum Gasteiger partial charge on any atom is -0.320 e. The van der Waals surface area contributed by atoms with E-state index in [2.05, 4.69) is 101 Å². The van der Waals surface area contributed by atoms with Gasteiger partial charge in [-0.2, -0.15) is 0 Å². The molecule has 1 aliphatic rings. The van der Waals surface area contributed by atoms with Gasteiger partial charge in [0.2, 0.25) is 0 Å². The molecule has 3 rings (SSSR count). The van der Waals surface area contributed by atoms with Gasteiger partial charge in [-0.3, -0.25) is 0 Å². The van der Waals surface area contributed by atoms with Gasteiger partial charge < -0.3 is 9.80 Å². The average Bonchev–Trinajstić information content (AvgIpc) is 2.68.